The Morgan fingerprint density at radius 2 is 1.55 bits per heavy atom. The molecule has 0 aromatic heterocycles. The number of hydrogen-bond acceptors (Lipinski definition) is 4. The van der Waals surface area contributed by atoms with Crippen molar-refractivity contribution in [2.75, 3.05) is 19.5 Å². The topological polar surface area (TPSA) is 67.9 Å². The van der Waals surface area contributed by atoms with Crippen molar-refractivity contribution in [1.82, 2.24) is 4.90 Å². The van der Waals surface area contributed by atoms with Gasteiger partial charge in [0.15, 0.2) is 0 Å². The minimum Gasteiger partial charge on any atom is -0.497 e. The van der Waals surface area contributed by atoms with Crippen LogP contribution in [0.5, 0.6) is 11.5 Å². The van der Waals surface area contributed by atoms with E-state index in [0.29, 0.717) is 28.3 Å². The van der Waals surface area contributed by atoms with Crippen LogP contribution in [0.25, 0.3) is 0 Å². The van der Waals surface area contributed by atoms with Crippen LogP contribution in [-0.2, 0) is 11.3 Å². The van der Waals surface area contributed by atoms with Gasteiger partial charge >= 0.3 is 0 Å². The van der Waals surface area contributed by atoms with Crippen LogP contribution < -0.4 is 14.8 Å². The third kappa shape index (κ3) is 4.83. The van der Waals surface area contributed by atoms with Crippen molar-refractivity contribution in [3.8, 4) is 11.5 Å². The number of nitrogens with one attached hydrogen (secondary N) is 1. The van der Waals surface area contributed by atoms with Crippen molar-refractivity contribution in [2.24, 2.45) is 0 Å². The van der Waals surface area contributed by atoms with E-state index < -0.39 is 12.0 Å². The summed E-state index contributed by atoms with van der Waals surface area (Å²) in [6.07, 6.45) is 0. The van der Waals surface area contributed by atoms with Crippen LogP contribution in [0.2, 0.25) is 0 Å². The maximum Gasteiger partial charge on any atom is 0.255 e. The first-order valence-corrected chi connectivity index (χ1v) is 12.2. The summed E-state index contributed by atoms with van der Waals surface area (Å²) in [6.45, 7) is 0.197. The molecule has 4 aromatic rings. The normalized spacial score (nSPS) is 16.5. The van der Waals surface area contributed by atoms with Crippen molar-refractivity contribution in [2.45, 2.75) is 18.5 Å². The molecule has 0 saturated heterocycles. The largest absolute Gasteiger partial charge is 0.497 e. The van der Waals surface area contributed by atoms with Crippen LogP contribution in [0.3, 0.4) is 0 Å². The number of halogens is 1. The molecule has 0 unspecified atom stereocenters. The second-order valence-corrected chi connectivity index (χ2v) is 9.03. The summed E-state index contributed by atoms with van der Waals surface area (Å²) in [5, 5.41) is 3.02. The average molecular weight is 511 g/mol. The molecule has 0 aliphatic carbocycles. The number of methoxy groups -OCH3 is 2. The number of para-hydroxylation sites is 2. The van der Waals surface area contributed by atoms with Crippen molar-refractivity contribution >= 4 is 17.5 Å². The Labute approximate surface area is 220 Å². The number of nitrogens with zero attached hydrogens (tertiary/aromatic N) is 1. The summed E-state index contributed by atoms with van der Waals surface area (Å²) in [6, 6.07) is 27.1. The molecule has 0 spiro atoms. The van der Waals surface area contributed by atoms with E-state index in [1.165, 1.54) is 12.1 Å². The van der Waals surface area contributed by atoms with E-state index in [-0.39, 0.29) is 24.2 Å². The fraction of sp³-hybridized carbons (Fsp3) is 0.161. The number of anilines is 1. The lowest BCUT2D eigenvalue weighted by Crippen LogP contribution is -2.45. The van der Waals surface area contributed by atoms with E-state index in [1.54, 1.807) is 55.5 Å². The van der Waals surface area contributed by atoms with Crippen LogP contribution >= 0.6 is 0 Å². The highest BCUT2D eigenvalue weighted by atomic mass is 19.1. The molecule has 0 saturated carbocycles. The summed E-state index contributed by atoms with van der Waals surface area (Å²) in [4.78, 5) is 29.7. The van der Waals surface area contributed by atoms with Gasteiger partial charge in [0.2, 0.25) is 5.91 Å². The second kappa shape index (κ2) is 10.8. The molecule has 1 aliphatic heterocycles. The summed E-state index contributed by atoms with van der Waals surface area (Å²) in [5.74, 6) is -0.375. The molecule has 6 nitrogen and oxygen atoms in total. The van der Waals surface area contributed by atoms with Gasteiger partial charge in [-0.1, -0.05) is 54.6 Å². The maximum atomic E-state index is 14.1. The number of hydrogen-bond donors (Lipinski definition) is 1. The van der Waals surface area contributed by atoms with Crippen LogP contribution in [0.1, 0.15) is 39.0 Å². The third-order valence-electron chi connectivity index (χ3n) is 6.81. The summed E-state index contributed by atoms with van der Waals surface area (Å²) in [7, 11) is 3.13. The highest BCUT2D eigenvalue weighted by Crippen LogP contribution is 2.44. The fourth-order valence-corrected chi connectivity index (χ4v) is 4.97. The van der Waals surface area contributed by atoms with E-state index in [0.717, 1.165) is 11.1 Å². The van der Waals surface area contributed by atoms with Gasteiger partial charge in [-0.25, -0.2) is 4.39 Å². The molecule has 0 fully saturated rings. The minimum absolute atomic E-state index is 0.197. The first-order chi connectivity index (χ1) is 18.5. The number of fused-ring (bicyclic) bond motifs is 1. The smallest absolute Gasteiger partial charge is 0.255 e. The fourth-order valence-electron chi connectivity index (χ4n) is 4.97. The Hall–Kier alpha value is -4.65. The van der Waals surface area contributed by atoms with Crippen molar-refractivity contribution < 1.29 is 23.5 Å². The number of benzene rings is 4. The van der Waals surface area contributed by atoms with E-state index in [4.69, 9.17) is 9.47 Å². The van der Waals surface area contributed by atoms with Gasteiger partial charge in [0.25, 0.3) is 5.91 Å². The highest BCUT2D eigenvalue weighted by molar-refractivity contribution is 6.04. The van der Waals surface area contributed by atoms with E-state index >= 15 is 0 Å². The molecule has 1 N–H and O–H groups in total. The molecule has 2 amide bonds. The van der Waals surface area contributed by atoms with Gasteiger partial charge in [0.05, 0.1) is 31.9 Å². The van der Waals surface area contributed by atoms with Crippen molar-refractivity contribution in [1.29, 1.82) is 0 Å². The maximum absolute atomic E-state index is 14.1. The van der Waals surface area contributed by atoms with Crippen LogP contribution in [-0.4, -0.2) is 30.9 Å². The van der Waals surface area contributed by atoms with Gasteiger partial charge in [-0.2, -0.15) is 0 Å². The molecular formula is C31H27FN2O4. The summed E-state index contributed by atoms with van der Waals surface area (Å²) < 4.78 is 24.4. The van der Waals surface area contributed by atoms with Crippen LogP contribution in [0.15, 0.2) is 97.1 Å². The quantitative estimate of drug-likeness (QED) is 0.333. The number of rotatable bonds is 7. The second-order valence-electron chi connectivity index (χ2n) is 9.03. The number of carbonyl (C=O) groups is 2. The van der Waals surface area contributed by atoms with E-state index in [2.05, 4.69) is 5.32 Å². The van der Waals surface area contributed by atoms with E-state index in [1.807, 2.05) is 48.5 Å². The average Bonchev–Trinajstić information content (AvgIpc) is 2.95. The molecule has 0 radical (unpaired) electrons. The molecule has 5 rings (SSSR count). The number of amides is 2. The van der Waals surface area contributed by atoms with Gasteiger partial charge in [-0.05, 0) is 59.2 Å². The Kier molecular flexibility index (Phi) is 7.09. The lowest BCUT2D eigenvalue weighted by atomic mass is 9.79. The summed E-state index contributed by atoms with van der Waals surface area (Å²) >= 11 is 0. The molecule has 2 atom stereocenters. The first-order valence-electron chi connectivity index (χ1n) is 12.2. The predicted octanol–water partition coefficient (Wildman–Crippen LogP) is 5.96. The molecule has 1 aliphatic rings. The van der Waals surface area contributed by atoms with Crippen LogP contribution in [0, 0.1) is 5.82 Å². The minimum atomic E-state index is -0.734. The zero-order chi connectivity index (χ0) is 26.6. The monoisotopic (exact) mass is 510 g/mol. The van der Waals surface area contributed by atoms with E-state index in [9.17, 15) is 14.0 Å². The summed E-state index contributed by atoms with van der Waals surface area (Å²) in [5.41, 5.74) is 3.16. The molecule has 0 bridgehead atoms. The highest BCUT2D eigenvalue weighted by Gasteiger charge is 2.44. The molecule has 38 heavy (non-hydrogen) atoms. The molecular weight excluding hydrogens is 483 g/mol. The Balaban J connectivity index is 1.64. The van der Waals surface area contributed by atoms with Crippen LogP contribution in [0.4, 0.5) is 10.1 Å². The molecule has 4 aromatic carbocycles. The zero-order valence-corrected chi connectivity index (χ0v) is 21.1. The molecule has 192 valence electrons. The molecule has 7 heteroatoms. The Morgan fingerprint density at radius 3 is 2.26 bits per heavy atom. The number of carbonyl (C=O) groups excluding carboxylic acids is 2. The lowest BCUT2D eigenvalue weighted by Gasteiger charge is -2.42. The van der Waals surface area contributed by atoms with Gasteiger partial charge in [0.1, 0.15) is 17.3 Å². The van der Waals surface area contributed by atoms with Crippen molar-refractivity contribution in [3.63, 3.8) is 0 Å². The zero-order valence-electron chi connectivity index (χ0n) is 21.1. The Morgan fingerprint density at radius 1 is 0.868 bits per heavy atom. The third-order valence-corrected chi connectivity index (χ3v) is 6.81. The molecule has 1 heterocycles. The first kappa shape index (κ1) is 25.0. The standard InChI is InChI=1S/C31H27FN2O4/c1-37-23-17-13-21(14-18-23)29-28(30(35)33-26-9-5-6-10-27(26)38-2)24-7-3-4-8-25(24)31(36)34(29)19-20-11-15-22(32)16-12-20/h3-18,28-29H,19H2,1-2H3,(H,33,35)/t28-,29-/m1/s1. The van der Waals surface area contributed by atoms with Gasteiger partial charge in [0, 0.05) is 12.1 Å². The van der Waals surface area contributed by atoms with Gasteiger partial charge in [-0.3, -0.25) is 9.59 Å². The predicted molar refractivity (Wildman–Crippen MR) is 143 cm³/mol. The number of ether oxygens (including phenoxy) is 2. The van der Waals surface area contributed by atoms with Gasteiger partial charge < -0.3 is 19.7 Å². The lowest BCUT2D eigenvalue weighted by molar-refractivity contribution is -0.119. The van der Waals surface area contributed by atoms with Crippen molar-refractivity contribution in [3.05, 3.63) is 125 Å². The Bertz CT molecular complexity index is 1450. The SMILES string of the molecule is COc1ccc([C@@H]2[C@H](C(=O)Nc3ccccc3OC)c3ccccc3C(=O)N2Cc2ccc(F)cc2)cc1. The van der Waals surface area contributed by atoms with Gasteiger partial charge in [-0.15, -0.1) is 0 Å².